The Hall–Kier alpha value is -2.47. The summed E-state index contributed by atoms with van der Waals surface area (Å²) in [6.07, 6.45) is 5.41. The molecule has 0 aliphatic heterocycles. The number of aromatic nitrogens is 6. The van der Waals surface area contributed by atoms with Crippen LogP contribution in [0.3, 0.4) is 0 Å². The Morgan fingerprint density at radius 3 is 1.72 bits per heavy atom. The van der Waals surface area contributed by atoms with E-state index in [0.29, 0.717) is 19.5 Å². The molecule has 0 saturated carbocycles. The summed E-state index contributed by atoms with van der Waals surface area (Å²) in [5, 5.41) is 16.8. The van der Waals surface area contributed by atoms with E-state index in [2.05, 4.69) is 68.2 Å². The van der Waals surface area contributed by atoms with Crippen LogP contribution in [-0.2, 0) is 0 Å². The van der Waals surface area contributed by atoms with E-state index in [-0.39, 0.29) is 5.82 Å². The van der Waals surface area contributed by atoms with Gasteiger partial charge >= 0.3 is 0 Å². The van der Waals surface area contributed by atoms with E-state index in [0.717, 1.165) is 37.4 Å². The van der Waals surface area contributed by atoms with Crippen molar-refractivity contribution < 1.29 is 4.39 Å². The molecule has 43 heavy (non-hydrogen) atoms. The van der Waals surface area contributed by atoms with Gasteiger partial charge in [-0.3, -0.25) is 5.10 Å². The van der Waals surface area contributed by atoms with Crippen LogP contribution in [0.4, 0.5) is 4.39 Å². The van der Waals surface area contributed by atoms with Crippen LogP contribution >= 0.6 is 82.6 Å². The van der Waals surface area contributed by atoms with E-state index in [1.807, 2.05) is 86.2 Å². The Balaban J connectivity index is 0.000000164. The van der Waals surface area contributed by atoms with Gasteiger partial charge in [-0.15, -0.1) is 0 Å². The fourth-order valence-corrected chi connectivity index (χ4v) is 4.86. The van der Waals surface area contributed by atoms with Gasteiger partial charge in [-0.2, -0.15) is 15.3 Å². The van der Waals surface area contributed by atoms with Crippen molar-refractivity contribution in [1.29, 1.82) is 0 Å². The Morgan fingerprint density at radius 1 is 0.698 bits per heavy atom. The van der Waals surface area contributed by atoms with Gasteiger partial charge in [0.25, 0.3) is 0 Å². The summed E-state index contributed by atoms with van der Waals surface area (Å²) in [7, 11) is 0. The number of benzene rings is 3. The van der Waals surface area contributed by atoms with E-state index < -0.39 is 0 Å². The molecular formula is C30H25Br3Cl3FN6. The first-order chi connectivity index (χ1) is 20.4. The molecule has 0 radical (unpaired) electrons. The summed E-state index contributed by atoms with van der Waals surface area (Å²) in [5.74, 6) is -0.331. The van der Waals surface area contributed by atoms with Gasteiger partial charge < -0.3 is 0 Å². The average molecular weight is 835 g/mol. The van der Waals surface area contributed by atoms with Crippen molar-refractivity contribution in [3.63, 3.8) is 0 Å². The lowest BCUT2D eigenvalue weighted by Gasteiger charge is -2.06. The molecule has 0 bridgehead atoms. The minimum atomic E-state index is -0.331. The first kappa shape index (κ1) is 35.0. The fraction of sp³-hybridized carbons (Fsp3) is 0.100. The van der Waals surface area contributed by atoms with E-state index in [9.17, 15) is 4.39 Å². The molecule has 0 unspecified atom stereocenters. The average Bonchev–Trinajstić information content (AvgIpc) is 3.73. The quantitative estimate of drug-likeness (QED) is 0.177. The Bertz CT molecular complexity index is 1760. The van der Waals surface area contributed by atoms with Crippen LogP contribution in [0.5, 0.6) is 0 Å². The van der Waals surface area contributed by atoms with Gasteiger partial charge in [0.1, 0.15) is 5.82 Å². The summed E-state index contributed by atoms with van der Waals surface area (Å²) in [4.78, 5) is 0. The summed E-state index contributed by atoms with van der Waals surface area (Å²) in [6.45, 7) is 5.92. The minimum absolute atomic E-state index is 0.331. The van der Waals surface area contributed by atoms with E-state index >= 15 is 0 Å². The summed E-state index contributed by atoms with van der Waals surface area (Å²) >= 11 is 27.2. The van der Waals surface area contributed by atoms with Crippen molar-refractivity contribution >= 4 is 82.6 Å². The smallest absolute Gasteiger partial charge is 0.138 e. The molecule has 0 atom stereocenters. The van der Waals surface area contributed by atoms with E-state index in [4.69, 9.17) is 34.8 Å². The molecule has 6 rings (SSSR count). The number of rotatable bonds is 2. The number of hydrogen-bond donors (Lipinski definition) is 1. The standard InChI is InChI=1S/2C10H8BrClN2.C6H3BrClF.C4H6N2/c1-7-4-5-14(13-7)10-6-8(12)2-3-9(10)11;1-7-4-5-13-14(7)10-6-8(12)2-3-9(10)11;7-5-2-1-4(8)3-6(5)9;1-4-2-3-5-6-4/h2*2-6H,1H3;1-3H;2-3H,1H3,(H,5,6). The Kier molecular flexibility index (Phi) is 13.9. The predicted molar refractivity (Wildman–Crippen MR) is 184 cm³/mol. The highest BCUT2D eigenvalue weighted by Gasteiger charge is 2.06. The zero-order valence-electron chi connectivity index (χ0n) is 23.0. The molecule has 13 heteroatoms. The maximum Gasteiger partial charge on any atom is 0.138 e. The minimum Gasteiger partial charge on any atom is -0.283 e. The third kappa shape index (κ3) is 11.2. The maximum atomic E-state index is 12.4. The molecule has 1 N–H and O–H groups in total. The van der Waals surface area contributed by atoms with Crippen molar-refractivity contribution in [2.75, 3.05) is 0 Å². The predicted octanol–water partition coefficient (Wildman–Crippen LogP) is 11.2. The molecule has 0 aliphatic rings. The summed E-state index contributed by atoms with van der Waals surface area (Å²) in [6, 6.07) is 21.5. The van der Waals surface area contributed by atoms with Crippen LogP contribution < -0.4 is 0 Å². The van der Waals surface area contributed by atoms with Crippen LogP contribution in [0.2, 0.25) is 15.1 Å². The molecule has 3 aromatic carbocycles. The number of H-pyrrole nitrogens is 1. The molecule has 0 aliphatic carbocycles. The Labute approximate surface area is 289 Å². The number of nitrogens with zero attached hydrogens (tertiary/aromatic N) is 5. The second kappa shape index (κ2) is 17.1. The van der Waals surface area contributed by atoms with Crippen LogP contribution in [0, 0.1) is 26.6 Å². The number of nitrogens with one attached hydrogen (secondary N) is 1. The normalized spacial score (nSPS) is 10.1. The Morgan fingerprint density at radius 2 is 1.28 bits per heavy atom. The molecule has 224 valence electrons. The molecule has 0 amide bonds. The van der Waals surface area contributed by atoms with Gasteiger partial charge in [0, 0.05) is 54.0 Å². The molecule has 6 nitrogen and oxygen atoms in total. The van der Waals surface area contributed by atoms with Gasteiger partial charge in [-0.25, -0.2) is 13.8 Å². The molecule has 3 heterocycles. The molecular weight excluding hydrogens is 809 g/mol. The molecule has 3 aromatic heterocycles. The fourth-order valence-electron chi connectivity index (χ4n) is 3.28. The van der Waals surface area contributed by atoms with Crippen LogP contribution in [0.25, 0.3) is 11.4 Å². The van der Waals surface area contributed by atoms with E-state index in [1.54, 1.807) is 29.2 Å². The van der Waals surface area contributed by atoms with Crippen LogP contribution in [0.15, 0.2) is 105 Å². The van der Waals surface area contributed by atoms with Crippen molar-refractivity contribution in [2.45, 2.75) is 20.8 Å². The maximum absolute atomic E-state index is 12.4. The van der Waals surface area contributed by atoms with Gasteiger partial charge in [-0.05, 0) is 141 Å². The number of halogens is 7. The number of aryl methyl sites for hydroxylation is 3. The van der Waals surface area contributed by atoms with Crippen molar-refractivity contribution in [3.8, 4) is 11.4 Å². The van der Waals surface area contributed by atoms with Crippen molar-refractivity contribution in [1.82, 2.24) is 29.8 Å². The monoisotopic (exact) mass is 830 g/mol. The zero-order chi connectivity index (χ0) is 31.5. The first-order valence-corrected chi connectivity index (χ1v) is 16.0. The molecule has 6 aromatic rings. The third-order valence-electron chi connectivity index (χ3n) is 5.37. The second-order valence-corrected chi connectivity index (χ2v) is 12.6. The first-order valence-electron chi connectivity index (χ1n) is 12.4. The summed E-state index contributed by atoms with van der Waals surface area (Å²) < 4.78 is 18.5. The largest absolute Gasteiger partial charge is 0.283 e. The van der Waals surface area contributed by atoms with Gasteiger partial charge in [0.2, 0.25) is 0 Å². The number of hydrogen-bond acceptors (Lipinski definition) is 3. The van der Waals surface area contributed by atoms with Crippen molar-refractivity contribution in [2.24, 2.45) is 0 Å². The highest BCUT2D eigenvalue weighted by atomic mass is 79.9. The van der Waals surface area contributed by atoms with Crippen LogP contribution in [-0.4, -0.2) is 29.8 Å². The third-order valence-corrected chi connectivity index (χ3v) is 8.06. The topological polar surface area (TPSA) is 64.3 Å². The molecule has 0 saturated heterocycles. The second-order valence-electron chi connectivity index (χ2n) is 8.78. The van der Waals surface area contributed by atoms with Gasteiger partial charge in [0.15, 0.2) is 0 Å². The molecule has 0 fully saturated rings. The number of aromatic amines is 1. The summed E-state index contributed by atoms with van der Waals surface area (Å²) in [5.41, 5.74) is 5.07. The van der Waals surface area contributed by atoms with Gasteiger partial charge in [0.05, 0.1) is 21.5 Å². The van der Waals surface area contributed by atoms with E-state index in [1.165, 1.54) is 6.07 Å². The lowest BCUT2D eigenvalue weighted by molar-refractivity contribution is 0.621. The lowest BCUT2D eigenvalue weighted by Crippen LogP contribution is -1.99. The highest BCUT2D eigenvalue weighted by molar-refractivity contribution is 9.11. The SMILES string of the molecule is Cc1ccn(-c2cc(Cl)ccc2Br)n1.Cc1ccn[nH]1.Cc1ccnn1-c1cc(Cl)ccc1Br.Fc1cc(Cl)ccc1Br. The zero-order valence-corrected chi connectivity index (χ0v) is 30.1. The lowest BCUT2D eigenvalue weighted by atomic mass is 10.3. The molecule has 0 spiro atoms. The van der Waals surface area contributed by atoms with Gasteiger partial charge in [-0.1, -0.05) is 34.8 Å². The highest BCUT2D eigenvalue weighted by Crippen LogP contribution is 2.26. The van der Waals surface area contributed by atoms with Crippen LogP contribution in [0.1, 0.15) is 17.1 Å². The van der Waals surface area contributed by atoms with Crippen molar-refractivity contribution in [3.05, 3.63) is 143 Å².